The van der Waals surface area contributed by atoms with E-state index in [9.17, 15) is 4.79 Å². The van der Waals surface area contributed by atoms with E-state index >= 15 is 0 Å². The van der Waals surface area contributed by atoms with Crippen LogP contribution in [0.5, 0.6) is 0 Å². The largest absolute Gasteiger partial charge is 0.370 e. The summed E-state index contributed by atoms with van der Waals surface area (Å²) in [5.74, 6) is 1.82. The molecule has 7 nitrogen and oxygen atoms in total. The van der Waals surface area contributed by atoms with Gasteiger partial charge in [-0.25, -0.2) is 4.98 Å². The van der Waals surface area contributed by atoms with Crippen LogP contribution in [0.2, 0.25) is 5.15 Å². The van der Waals surface area contributed by atoms with Crippen molar-refractivity contribution in [1.82, 2.24) is 25.0 Å². The molecule has 2 aromatic rings. The SMILES string of the molecule is CC(=O)NC1CCN(C(=C2CC2)c2nn(CCC3CCN(c4cccc(Cl)n4)CC3)c3c2CCCC3)CC1. The van der Waals surface area contributed by atoms with Gasteiger partial charge in [-0.2, -0.15) is 5.10 Å². The number of fused-ring (bicyclic) bond motifs is 1. The summed E-state index contributed by atoms with van der Waals surface area (Å²) in [4.78, 5) is 21.0. The first-order chi connectivity index (χ1) is 18.5. The van der Waals surface area contributed by atoms with Crippen LogP contribution in [0.4, 0.5) is 5.82 Å². The van der Waals surface area contributed by atoms with E-state index in [1.54, 1.807) is 12.5 Å². The molecular weight excluding hydrogens is 496 g/mol. The Labute approximate surface area is 231 Å². The van der Waals surface area contributed by atoms with E-state index in [0.29, 0.717) is 11.2 Å². The lowest BCUT2D eigenvalue weighted by molar-refractivity contribution is -0.119. The second-order valence-corrected chi connectivity index (χ2v) is 12.0. The number of anilines is 1. The molecule has 8 heteroatoms. The number of carbonyl (C=O) groups is 1. The third-order valence-corrected chi connectivity index (χ3v) is 9.13. The summed E-state index contributed by atoms with van der Waals surface area (Å²) >= 11 is 6.12. The van der Waals surface area contributed by atoms with Crippen LogP contribution in [0.3, 0.4) is 0 Å². The molecule has 2 aliphatic heterocycles. The highest BCUT2D eigenvalue weighted by Crippen LogP contribution is 2.42. The quantitative estimate of drug-likeness (QED) is 0.491. The smallest absolute Gasteiger partial charge is 0.217 e. The molecule has 0 unspecified atom stereocenters. The van der Waals surface area contributed by atoms with Crippen LogP contribution in [0.25, 0.3) is 5.70 Å². The van der Waals surface area contributed by atoms with Gasteiger partial charge >= 0.3 is 0 Å². The first-order valence-corrected chi connectivity index (χ1v) is 15.1. The van der Waals surface area contributed by atoms with Crippen molar-refractivity contribution in [2.24, 2.45) is 5.92 Å². The Morgan fingerprint density at radius 3 is 2.50 bits per heavy atom. The average Bonchev–Trinajstić information content (AvgIpc) is 3.70. The monoisotopic (exact) mass is 536 g/mol. The Morgan fingerprint density at radius 1 is 1.03 bits per heavy atom. The normalized spacial score (nSPS) is 20.4. The maximum atomic E-state index is 11.5. The zero-order valence-electron chi connectivity index (χ0n) is 22.7. The van der Waals surface area contributed by atoms with Crippen molar-refractivity contribution in [3.8, 4) is 0 Å². The predicted molar refractivity (Wildman–Crippen MR) is 152 cm³/mol. The van der Waals surface area contributed by atoms with Gasteiger partial charge in [0, 0.05) is 56.9 Å². The number of allylic oxidation sites excluding steroid dienone is 1. The van der Waals surface area contributed by atoms with Crippen molar-refractivity contribution >= 4 is 29.0 Å². The maximum absolute atomic E-state index is 11.5. The summed E-state index contributed by atoms with van der Waals surface area (Å²) in [5, 5.41) is 9.06. The molecule has 6 rings (SSSR count). The number of nitrogens with zero attached hydrogens (tertiary/aromatic N) is 5. The molecule has 2 aliphatic carbocycles. The number of aromatic nitrogens is 3. The molecule has 0 aromatic carbocycles. The highest BCUT2D eigenvalue weighted by molar-refractivity contribution is 6.29. The minimum Gasteiger partial charge on any atom is -0.370 e. The van der Waals surface area contributed by atoms with Gasteiger partial charge in [0.2, 0.25) is 5.91 Å². The number of carbonyl (C=O) groups excluding carboxylic acids is 1. The fraction of sp³-hybridized carbons (Fsp3) is 0.633. The van der Waals surface area contributed by atoms with E-state index < -0.39 is 0 Å². The third kappa shape index (κ3) is 5.73. The van der Waals surface area contributed by atoms with Gasteiger partial charge in [0.1, 0.15) is 16.7 Å². The highest BCUT2D eigenvalue weighted by atomic mass is 35.5. The Balaban J connectivity index is 1.13. The standard InChI is InChI=1S/C30H41ClN6O/c1-21(38)32-24-14-18-36(19-15-24)30(23-9-10-23)29-25-5-2-3-6-26(25)37(34-29)20-13-22-11-16-35(17-12-22)28-8-4-7-27(31)33-28/h4,7-8,22,24H,2-3,5-6,9-20H2,1H3,(H,32,38). The topological polar surface area (TPSA) is 66.3 Å². The lowest BCUT2D eigenvalue weighted by Crippen LogP contribution is -2.43. The number of rotatable bonds is 7. The van der Waals surface area contributed by atoms with Gasteiger partial charge in [-0.05, 0) is 94.3 Å². The fourth-order valence-electron chi connectivity index (χ4n) is 6.75. The molecule has 1 amide bonds. The molecule has 0 bridgehead atoms. The van der Waals surface area contributed by atoms with Crippen molar-refractivity contribution < 1.29 is 4.79 Å². The lowest BCUT2D eigenvalue weighted by Gasteiger charge is -2.35. The molecule has 4 heterocycles. The predicted octanol–water partition coefficient (Wildman–Crippen LogP) is 5.22. The number of hydrogen-bond acceptors (Lipinski definition) is 5. The zero-order valence-corrected chi connectivity index (χ0v) is 23.5. The van der Waals surface area contributed by atoms with Gasteiger partial charge in [-0.3, -0.25) is 9.48 Å². The van der Waals surface area contributed by atoms with E-state index in [1.807, 2.05) is 12.1 Å². The van der Waals surface area contributed by atoms with E-state index in [4.69, 9.17) is 16.7 Å². The minimum atomic E-state index is 0.0869. The van der Waals surface area contributed by atoms with Crippen molar-refractivity contribution in [3.63, 3.8) is 0 Å². The summed E-state index contributed by atoms with van der Waals surface area (Å²) in [6, 6.07) is 6.21. The second-order valence-electron chi connectivity index (χ2n) is 11.7. The van der Waals surface area contributed by atoms with Gasteiger partial charge in [0.15, 0.2) is 0 Å². The fourth-order valence-corrected chi connectivity index (χ4v) is 6.91. The molecule has 4 aliphatic rings. The number of aryl methyl sites for hydroxylation is 1. The Morgan fingerprint density at radius 2 is 1.79 bits per heavy atom. The Hall–Kier alpha value is -2.54. The first-order valence-electron chi connectivity index (χ1n) is 14.8. The van der Waals surface area contributed by atoms with Crippen molar-refractivity contribution in [3.05, 3.63) is 45.9 Å². The molecule has 3 fully saturated rings. The van der Waals surface area contributed by atoms with E-state index in [-0.39, 0.29) is 5.91 Å². The van der Waals surface area contributed by atoms with E-state index in [2.05, 4.69) is 30.8 Å². The van der Waals surface area contributed by atoms with Crippen molar-refractivity contribution in [2.45, 2.75) is 90.1 Å². The van der Waals surface area contributed by atoms with Gasteiger partial charge in [-0.15, -0.1) is 0 Å². The summed E-state index contributed by atoms with van der Waals surface area (Å²) in [5.41, 5.74) is 7.33. The molecule has 0 atom stereocenters. The van der Waals surface area contributed by atoms with Crippen LogP contribution >= 0.6 is 11.6 Å². The van der Waals surface area contributed by atoms with Crippen LogP contribution in [-0.4, -0.2) is 57.8 Å². The molecule has 38 heavy (non-hydrogen) atoms. The molecule has 0 spiro atoms. The average molecular weight is 537 g/mol. The molecule has 1 N–H and O–H groups in total. The van der Waals surface area contributed by atoms with Crippen LogP contribution < -0.4 is 10.2 Å². The molecule has 2 saturated heterocycles. The van der Waals surface area contributed by atoms with Crippen LogP contribution in [0.1, 0.15) is 81.7 Å². The number of piperidine rings is 2. The molecular formula is C30H41ClN6O. The number of likely N-dealkylation sites (tertiary alicyclic amines) is 1. The molecule has 0 radical (unpaired) electrons. The summed E-state index contributed by atoms with van der Waals surface area (Å²) in [6.07, 6.45) is 12.9. The number of hydrogen-bond donors (Lipinski definition) is 1. The van der Waals surface area contributed by atoms with Crippen LogP contribution in [0.15, 0.2) is 23.8 Å². The number of halogens is 1. The molecule has 1 saturated carbocycles. The van der Waals surface area contributed by atoms with Crippen LogP contribution in [0, 0.1) is 5.92 Å². The third-order valence-electron chi connectivity index (χ3n) is 8.92. The van der Waals surface area contributed by atoms with Gasteiger partial charge in [0.05, 0.1) is 5.70 Å². The summed E-state index contributed by atoms with van der Waals surface area (Å²) in [6.45, 7) is 6.76. The first kappa shape index (κ1) is 25.7. The molecule has 2 aromatic heterocycles. The van der Waals surface area contributed by atoms with Gasteiger partial charge < -0.3 is 15.1 Å². The summed E-state index contributed by atoms with van der Waals surface area (Å²) in [7, 11) is 0. The number of nitrogens with one attached hydrogen (secondary N) is 1. The highest BCUT2D eigenvalue weighted by Gasteiger charge is 2.33. The van der Waals surface area contributed by atoms with Gasteiger partial charge in [-0.1, -0.05) is 17.7 Å². The number of pyridine rings is 1. The Bertz CT molecular complexity index is 1180. The Kier molecular flexibility index (Phi) is 7.64. The lowest BCUT2D eigenvalue weighted by atomic mass is 9.92. The van der Waals surface area contributed by atoms with Crippen molar-refractivity contribution in [1.29, 1.82) is 0 Å². The van der Waals surface area contributed by atoms with Gasteiger partial charge in [0.25, 0.3) is 0 Å². The van der Waals surface area contributed by atoms with E-state index in [1.165, 1.54) is 67.6 Å². The second kappa shape index (κ2) is 11.3. The maximum Gasteiger partial charge on any atom is 0.217 e. The molecule has 204 valence electrons. The number of amides is 1. The minimum absolute atomic E-state index is 0.0869. The van der Waals surface area contributed by atoms with Crippen LogP contribution in [-0.2, 0) is 24.2 Å². The zero-order chi connectivity index (χ0) is 26.1. The van der Waals surface area contributed by atoms with E-state index in [0.717, 1.165) is 70.1 Å². The van der Waals surface area contributed by atoms with Crippen molar-refractivity contribution in [2.75, 3.05) is 31.1 Å². The summed E-state index contributed by atoms with van der Waals surface area (Å²) < 4.78 is 2.39.